The van der Waals surface area contributed by atoms with Gasteiger partial charge in [-0.15, -0.1) is 0 Å². The lowest BCUT2D eigenvalue weighted by atomic mass is 9.55. The maximum absolute atomic E-state index is 12.7. The Morgan fingerprint density at radius 3 is 2.65 bits per heavy atom. The molecule has 142 valence electrons. The van der Waals surface area contributed by atoms with Crippen LogP contribution in [0.25, 0.3) is 0 Å². The largest absolute Gasteiger partial charge is 0.544 e. The quantitative estimate of drug-likeness (QED) is 0.704. The van der Waals surface area contributed by atoms with E-state index in [2.05, 4.69) is 44.8 Å². The van der Waals surface area contributed by atoms with Crippen LogP contribution in [-0.2, 0) is 16.0 Å². The molecule has 26 heavy (non-hydrogen) atoms. The van der Waals surface area contributed by atoms with Crippen LogP contribution in [0.5, 0.6) is 5.75 Å². The van der Waals surface area contributed by atoms with Crippen molar-refractivity contribution in [3.8, 4) is 5.75 Å². The van der Waals surface area contributed by atoms with E-state index < -0.39 is 8.32 Å². The van der Waals surface area contributed by atoms with E-state index in [4.69, 9.17) is 9.16 Å². The monoisotopic (exact) mass is 372 g/mol. The number of hydrogen-bond acceptors (Lipinski definition) is 3. The Hall–Kier alpha value is -1.13. The molecule has 0 spiro atoms. The summed E-state index contributed by atoms with van der Waals surface area (Å²) >= 11 is 0. The van der Waals surface area contributed by atoms with Crippen LogP contribution < -0.4 is 4.43 Å². The third kappa shape index (κ3) is 2.86. The Morgan fingerprint density at radius 2 is 1.96 bits per heavy atom. The minimum Gasteiger partial charge on any atom is -0.544 e. The van der Waals surface area contributed by atoms with Gasteiger partial charge in [-0.1, -0.05) is 13.0 Å². The molecule has 3 aliphatic rings. The first kappa shape index (κ1) is 18.2. The van der Waals surface area contributed by atoms with Crippen LogP contribution in [0.3, 0.4) is 0 Å². The average Bonchev–Trinajstić information content (AvgIpc) is 2.84. The molecular weight excluding hydrogens is 340 g/mol. The number of fused-ring (bicyclic) bond motifs is 5. The van der Waals surface area contributed by atoms with Gasteiger partial charge in [-0.3, -0.25) is 4.79 Å². The zero-order chi connectivity index (χ0) is 18.7. The summed E-state index contributed by atoms with van der Waals surface area (Å²) in [4.78, 5) is 12.7. The van der Waals surface area contributed by atoms with Crippen molar-refractivity contribution in [2.75, 3.05) is 7.11 Å². The van der Waals surface area contributed by atoms with E-state index in [-0.39, 0.29) is 11.5 Å². The first-order valence-electron chi connectivity index (χ1n) is 10.1. The van der Waals surface area contributed by atoms with Crippen molar-refractivity contribution in [2.24, 2.45) is 17.3 Å². The van der Waals surface area contributed by atoms with Crippen LogP contribution in [0.1, 0.15) is 49.7 Å². The van der Waals surface area contributed by atoms with Gasteiger partial charge in [0.25, 0.3) is 0 Å². The fraction of sp³-hybridized carbons (Fsp3) is 0.682. The van der Waals surface area contributed by atoms with Crippen molar-refractivity contribution >= 4 is 14.1 Å². The molecule has 3 aliphatic carbocycles. The first-order chi connectivity index (χ1) is 12.2. The summed E-state index contributed by atoms with van der Waals surface area (Å²) in [5.41, 5.74) is 2.80. The summed E-state index contributed by atoms with van der Waals surface area (Å²) in [5.74, 6) is 2.98. The van der Waals surface area contributed by atoms with Crippen LogP contribution in [0.15, 0.2) is 18.2 Å². The second kappa shape index (κ2) is 6.20. The predicted octanol–water partition coefficient (Wildman–Crippen LogP) is 4.95. The molecule has 0 aromatic heterocycles. The predicted molar refractivity (Wildman–Crippen MR) is 106 cm³/mol. The van der Waals surface area contributed by atoms with Crippen molar-refractivity contribution in [3.63, 3.8) is 0 Å². The molecule has 3 nitrogen and oxygen atoms in total. The van der Waals surface area contributed by atoms with E-state index in [0.717, 1.165) is 25.0 Å². The molecule has 4 heteroatoms. The van der Waals surface area contributed by atoms with Crippen LogP contribution in [-0.4, -0.2) is 27.3 Å². The van der Waals surface area contributed by atoms with Crippen LogP contribution >= 0.6 is 0 Å². The average molecular weight is 373 g/mol. The van der Waals surface area contributed by atoms with E-state index in [1.807, 2.05) is 0 Å². The molecule has 5 atom stereocenters. The molecule has 1 aromatic rings. The zero-order valence-corrected chi connectivity index (χ0v) is 17.8. The van der Waals surface area contributed by atoms with Crippen LogP contribution in [0.4, 0.5) is 0 Å². The molecule has 0 amide bonds. The molecule has 2 saturated carbocycles. The molecule has 0 aliphatic heterocycles. The van der Waals surface area contributed by atoms with Crippen molar-refractivity contribution in [2.45, 2.75) is 70.7 Å². The Balaban J connectivity index is 1.65. The Morgan fingerprint density at radius 1 is 1.19 bits per heavy atom. The van der Waals surface area contributed by atoms with Crippen LogP contribution in [0, 0.1) is 17.3 Å². The fourth-order valence-electron chi connectivity index (χ4n) is 6.01. The molecule has 4 rings (SSSR count). The highest BCUT2D eigenvalue weighted by molar-refractivity contribution is 6.70. The molecule has 1 unspecified atom stereocenters. The minimum atomic E-state index is -1.58. The van der Waals surface area contributed by atoms with Gasteiger partial charge < -0.3 is 9.16 Å². The number of hydrogen-bond donors (Lipinski definition) is 0. The lowest BCUT2D eigenvalue weighted by Crippen LogP contribution is -2.45. The van der Waals surface area contributed by atoms with Gasteiger partial charge in [0.05, 0.1) is 6.10 Å². The molecule has 1 aromatic carbocycles. The summed E-state index contributed by atoms with van der Waals surface area (Å²) in [7, 11) is 0.201. The third-order valence-electron chi connectivity index (χ3n) is 7.10. The van der Waals surface area contributed by atoms with E-state index in [0.29, 0.717) is 30.0 Å². The smallest absolute Gasteiger partial charge is 0.242 e. The number of aryl methyl sites for hydroxylation is 1. The van der Waals surface area contributed by atoms with Crippen molar-refractivity contribution in [3.05, 3.63) is 29.3 Å². The summed E-state index contributed by atoms with van der Waals surface area (Å²) in [6.07, 6.45) is 5.11. The van der Waals surface area contributed by atoms with E-state index >= 15 is 0 Å². The number of Topliss-reactive ketones (excluding diaryl/α,β-unsaturated/α-hetero) is 1. The SMILES string of the molecule is COC1CC(=O)[C@@]2(C)CC[C@@H]3c4ccc(O[Si](C)(C)C)cc4CC[C@H]3[C@H]12. The maximum atomic E-state index is 12.7. The summed E-state index contributed by atoms with van der Waals surface area (Å²) in [6.45, 7) is 8.89. The maximum Gasteiger partial charge on any atom is 0.242 e. The molecule has 0 N–H and O–H groups in total. The molecular formula is C22H32O3Si. The number of carbonyl (C=O) groups excluding carboxylic acids is 1. The lowest BCUT2D eigenvalue weighted by molar-refractivity contribution is -0.129. The van der Waals surface area contributed by atoms with E-state index in [1.54, 1.807) is 7.11 Å². The lowest BCUT2D eigenvalue weighted by Gasteiger charge is -2.49. The Bertz CT molecular complexity index is 723. The number of carbonyl (C=O) groups is 1. The van der Waals surface area contributed by atoms with Crippen molar-refractivity contribution in [1.29, 1.82) is 0 Å². The van der Waals surface area contributed by atoms with Crippen molar-refractivity contribution < 1.29 is 14.0 Å². The van der Waals surface area contributed by atoms with Gasteiger partial charge in [-0.05, 0) is 80.4 Å². The molecule has 0 radical (unpaired) electrons. The van der Waals surface area contributed by atoms with Gasteiger partial charge in [0, 0.05) is 24.9 Å². The Kier molecular flexibility index (Phi) is 4.35. The van der Waals surface area contributed by atoms with E-state index in [1.165, 1.54) is 17.5 Å². The topological polar surface area (TPSA) is 35.5 Å². The Labute approximate surface area is 158 Å². The molecule has 2 fully saturated rings. The number of rotatable bonds is 3. The highest BCUT2D eigenvalue weighted by Crippen LogP contribution is 2.60. The van der Waals surface area contributed by atoms with Crippen LogP contribution in [0.2, 0.25) is 19.6 Å². The molecule has 0 heterocycles. The third-order valence-corrected chi connectivity index (χ3v) is 7.95. The highest BCUT2D eigenvalue weighted by Gasteiger charge is 2.59. The second-order valence-electron chi connectivity index (χ2n) is 9.77. The number of ketones is 1. The normalized spacial score (nSPS) is 36.3. The van der Waals surface area contributed by atoms with Gasteiger partial charge >= 0.3 is 0 Å². The number of benzene rings is 1. The first-order valence-corrected chi connectivity index (χ1v) is 13.5. The zero-order valence-electron chi connectivity index (χ0n) is 16.8. The standard InChI is InChI=1S/C22H32O3Si/c1-22-11-10-17-16-9-7-15(25-26(3,4)5)12-14(16)6-8-18(17)21(22)19(24-2)13-20(22)23/h7,9,12,17-19,21H,6,8,10-11,13H2,1-5H3/t17-,18-,19?,21-,22-/m1/s1. The fourth-order valence-corrected chi connectivity index (χ4v) is 6.84. The van der Waals surface area contributed by atoms with E-state index in [9.17, 15) is 4.79 Å². The molecule has 0 bridgehead atoms. The second-order valence-corrected chi connectivity index (χ2v) is 14.2. The molecule has 0 saturated heterocycles. The van der Waals surface area contributed by atoms with Gasteiger partial charge in [0.15, 0.2) is 0 Å². The summed E-state index contributed by atoms with van der Waals surface area (Å²) < 4.78 is 12.0. The van der Waals surface area contributed by atoms with Crippen molar-refractivity contribution in [1.82, 2.24) is 0 Å². The highest BCUT2D eigenvalue weighted by atomic mass is 28.4. The van der Waals surface area contributed by atoms with Gasteiger partial charge in [0.2, 0.25) is 8.32 Å². The minimum absolute atomic E-state index is 0.108. The summed E-state index contributed by atoms with van der Waals surface area (Å²) in [6, 6.07) is 6.76. The van der Waals surface area contributed by atoms with Gasteiger partial charge in [-0.25, -0.2) is 0 Å². The van der Waals surface area contributed by atoms with Gasteiger partial charge in [0.1, 0.15) is 11.5 Å². The number of methoxy groups -OCH3 is 1. The van der Waals surface area contributed by atoms with Gasteiger partial charge in [-0.2, -0.15) is 0 Å². The number of ether oxygens (including phenoxy) is 1. The summed E-state index contributed by atoms with van der Waals surface area (Å²) in [5, 5.41) is 0.